The quantitative estimate of drug-likeness (QED) is 0.614. The average Bonchev–Trinajstić information content (AvgIpc) is 2.00. The molecule has 0 aromatic heterocycles. The van der Waals surface area contributed by atoms with Gasteiger partial charge >= 0.3 is 0 Å². The molecule has 4 nitrogen and oxygen atoms in total. The van der Waals surface area contributed by atoms with E-state index in [1.54, 1.807) is 0 Å². The van der Waals surface area contributed by atoms with Crippen molar-refractivity contribution < 1.29 is 9.09 Å². The van der Waals surface area contributed by atoms with Gasteiger partial charge in [-0.1, -0.05) is 13.8 Å². The fraction of sp³-hybridized carbons (Fsp3) is 1.00. The topological polar surface area (TPSA) is 64.3 Å². The largest absolute Gasteiger partial charge is 0.329 e. The van der Waals surface area contributed by atoms with E-state index in [1.807, 2.05) is 13.8 Å². The van der Waals surface area contributed by atoms with Gasteiger partial charge in [0, 0.05) is 25.9 Å². The van der Waals surface area contributed by atoms with Crippen LogP contribution in [0.1, 0.15) is 13.8 Å². The van der Waals surface area contributed by atoms with Gasteiger partial charge in [0.1, 0.15) is 0 Å². The van der Waals surface area contributed by atoms with Crippen molar-refractivity contribution in [3.05, 3.63) is 0 Å². The number of hydrogen-bond donors (Lipinski definition) is 2. The van der Waals surface area contributed by atoms with Crippen LogP contribution in [0.15, 0.2) is 0 Å². The van der Waals surface area contributed by atoms with Gasteiger partial charge < -0.3 is 10.3 Å². The van der Waals surface area contributed by atoms with Crippen molar-refractivity contribution in [3.63, 3.8) is 0 Å². The Morgan fingerprint density at radius 3 is 2.45 bits per heavy atom. The summed E-state index contributed by atoms with van der Waals surface area (Å²) in [5.41, 5.74) is 5.25. The summed E-state index contributed by atoms with van der Waals surface area (Å²) in [4.78, 5) is 0. The Morgan fingerprint density at radius 2 is 2.18 bits per heavy atom. The molecule has 1 atom stereocenters. The molecule has 0 radical (unpaired) electrons. The van der Waals surface area contributed by atoms with Crippen LogP contribution in [0.2, 0.25) is 0 Å². The van der Waals surface area contributed by atoms with Gasteiger partial charge in [-0.3, -0.25) is 4.57 Å². The molecule has 68 valence electrons. The predicted molar refractivity (Wildman–Crippen MR) is 46.8 cm³/mol. The Labute approximate surface area is 68.0 Å². The number of nitrogens with one attached hydrogen (secondary N) is 1. The Kier molecular flexibility index (Phi) is 4.93. The Hall–Kier alpha value is 0.110. The molecule has 0 aliphatic carbocycles. The lowest BCUT2D eigenvalue weighted by molar-refractivity contribution is 0.375. The van der Waals surface area contributed by atoms with Crippen LogP contribution >= 0.6 is 7.52 Å². The maximum atomic E-state index is 11.7. The molecule has 0 saturated heterocycles. The number of hydrogen-bond acceptors (Lipinski definition) is 3. The van der Waals surface area contributed by atoms with Crippen LogP contribution in [0.3, 0.4) is 0 Å². The van der Waals surface area contributed by atoms with Gasteiger partial charge in [0.15, 0.2) is 0 Å². The summed E-state index contributed by atoms with van der Waals surface area (Å²) in [6.45, 7) is 4.71. The van der Waals surface area contributed by atoms with Crippen molar-refractivity contribution >= 4 is 7.52 Å². The van der Waals surface area contributed by atoms with Crippen molar-refractivity contribution in [3.8, 4) is 0 Å². The third-order valence-corrected chi connectivity index (χ3v) is 3.99. The minimum absolute atomic E-state index is 0.000880. The predicted octanol–water partition coefficient (Wildman–Crippen LogP) is 0.783. The summed E-state index contributed by atoms with van der Waals surface area (Å²) < 4.78 is 16.5. The summed E-state index contributed by atoms with van der Waals surface area (Å²) in [7, 11) is -1.17. The standard InChI is InChI=1S/C6H17N2O2P/c1-6(2)11(9,10-3)8-5-4-7/h6H,4-5,7H2,1-3H3,(H,8,9). The number of rotatable bonds is 5. The van der Waals surface area contributed by atoms with Crippen molar-refractivity contribution in [1.29, 1.82) is 0 Å². The fourth-order valence-electron chi connectivity index (χ4n) is 0.678. The molecular formula is C6H17N2O2P. The molecule has 3 N–H and O–H groups in total. The van der Waals surface area contributed by atoms with Gasteiger partial charge in [0.2, 0.25) is 0 Å². The molecule has 0 heterocycles. The van der Waals surface area contributed by atoms with Gasteiger partial charge in [-0.15, -0.1) is 0 Å². The van der Waals surface area contributed by atoms with E-state index in [9.17, 15) is 4.57 Å². The van der Waals surface area contributed by atoms with E-state index in [1.165, 1.54) is 7.11 Å². The Balaban J connectivity index is 4.01. The SMILES string of the molecule is COP(=O)(NCCN)C(C)C. The summed E-state index contributed by atoms with van der Waals surface area (Å²) in [6, 6.07) is 0. The summed E-state index contributed by atoms with van der Waals surface area (Å²) in [6.07, 6.45) is 0. The zero-order valence-electron chi connectivity index (χ0n) is 7.33. The number of nitrogens with two attached hydrogens (primary N) is 1. The summed E-state index contributed by atoms with van der Waals surface area (Å²) in [5.74, 6) is 0. The lowest BCUT2D eigenvalue weighted by Gasteiger charge is -2.20. The first-order valence-electron chi connectivity index (χ1n) is 3.67. The van der Waals surface area contributed by atoms with Gasteiger partial charge in [-0.05, 0) is 0 Å². The third kappa shape index (κ3) is 3.34. The van der Waals surface area contributed by atoms with E-state index < -0.39 is 7.52 Å². The summed E-state index contributed by atoms with van der Waals surface area (Å²) >= 11 is 0. The first kappa shape index (κ1) is 11.1. The van der Waals surface area contributed by atoms with Gasteiger partial charge in [-0.25, -0.2) is 5.09 Å². The van der Waals surface area contributed by atoms with Crippen LogP contribution in [0, 0.1) is 0 Å². The molecule has 0 aromatic carbocycles. The molecule has 1 unspecified atom stereocenters. The van der Waals surface area contributed by atoms with E-state index in [0.29, 0.717) is 13.1 Å². The maximum Gasteiger partial charge on any atom is 0.272 e. The minimum atomic E-state index is -2.62. The first-order chi connectivity index (χ1) is 5.06. The highest BCUT2D eigenvalue weighted by Gasteiger charge is 2.24. The van der Waals surface area contributed by atoms with Crippen molar-refractivity contribution in [2.75, 3.05) is 20.2 Å². The molecule has 0 rings (SSSR count). The Bertz CT molecular complexity index is 150. The smallest absolute Gasteiger partial charge is 0.272 e. The van der Waals surface area contributed by atoms with Gasteiger partial charge in [0.25, 0.3) is 7.52 Å². The normalized spacial score (nSPS) is 16.8. The molecule has 11 heavy (non-hydrogen) atoms. The monoisotopic (exact) mass is 180 g/mol. The van der Waals surface area contributed by atoms with E-state index in [2.05, 4.69) is 5.09 Å². The zero-order chi connectivity index (χ0) is 8.91. The molecule has 0 aromatic rings. The zero-order valence-corrected chi connectivity index (χ0v) is 8.23. The second-order valence-electron chi connectivity index (χ2n) is 2.57. The Morgan fingerprint density at radius 1 is 1.64 bits per heavy atom. The highest BCUT2D eigenvalue weighted by molar-refractivity contribution is 7.57. The maximum absolute atomic E-state index is 11.7. The van der Waals surface area contributed by atoms with Crippen molar-refractivity contribution in [2.45, 2.75) is 19.5 Å². The van der Waals surface area contributed by atoms with E-state index in [-0.39, 0.29) is 5.66 Å². The highest BCUT2D eigenvalue weighted by atomic mass is 31.2. The lowest BCUT2D eigenvalue weighted by atomic mass is 10.6. The van der Waals surface area contributed by atoms with Crippen LogP contribution in [-0.4, -0.2) is 25.9 Å². The van der Waals surface area contributed by atoms with Crippen molar-refractivity contribution in [1.82, 2.24) is 5.09 Å². The molecule has 0 bridgehead atoms. The van der Waals surface area contributed by atoms with Crippen LogP contribution in [0.25, 0.3) is 0 Å². The van der Waals surface area contributed by atoms with E-state index in [4.69, 9.17) is 10.3 Å². The molecule has 0 amide bonds. The fourth-order valence-corrected chi connectivity index (χ4v) is 2.03. The third-order valence-electron chi connectivity index (χ3n) is 1.43. The molecule has 0 fully saturated rings. The molecule has 0 aliphatic rings. The van der Waals surface area contributed by atoms with Crippen molar-refractivity contribution in [2.24, 2.45) is 5.73 Å². The van der Waals surface area contributed by atoms with E-state index >= 15 is 0 Å². The highest BCUT2D eigenvalue weighted by Crippen LogP contribution is 2.45. The van der Waals surface area contributed by atoms with Gasteiger partial charge in [0.05, 0.1) is 0 Å². The van der Waals surface area contributed by atoms with Gasteiger partial charge in [-0.2, -0.15) is 0 Å². The van der Waals surface area contributed by atoms with Crippen LogP contribution in [0.4, 0.5) is 0 Å². The first-order valence-corrected chi connectivity index (χ1v) is 5.37. The second-order valence-corrected chi connectivity index (χ2v) is 5.48. The van der Waals surface area contributed by atoms with Crippen LogP contribution in [0.5, 0.6) is 0 Å². The average molecular weight is 180 g/mol. The second kappa shape index (κ2) is 4.88. The lowest BCUT2D eigenvalue weighted by Crippen LogP contribution is -2.24. The van der Waals surface area contributed by atoms with Crippen LogP contribution < -0.4 is 10.8 Å². The van der Waals surface area contributed by atoms with Crippen LogP contribution in [-0.2, 0) is 9.09 Å². The summed E-state index contributed by atoms with van der Waals surface area (Å²) in [5, 5.41) is 2.80. The molecule has 0 saturated carbocycles. The molecule has 5 heteroatoms. The minimum Gasteiger partial charge on any atom is -0.329 e. The van der Waals surface area contributed by atoms with E-state index in [0.717, 1.165) is 0 Å². The molecule has 0 spiro atoms. The molecule has 0 aliphatic heterocycles. The molecular weight excluding hydrogens is 163 g/mol.